The fraction of sp³-hybridized carbons (Fsp3) is 0.417. The fourth-order valence-corrected chi connectivity index (χ4v) is 1.65. The predicted molar refractivity (Wildman–Crippen MR) is 60.9 cm³/mol. The predicted octanol–water partition coefficient (Wildman–Crippen LogP) is 0.410. The minimum absolute atomic E-state index is 0.107. The summed E-state index contributed by atoms with van der Waals surface area (Å²) in [6.07, 6.45) is 3.33. The summed E-state index contributed by atoms with van der Waals surface area (Å²) in [5.41, 5.74) is 0. The molecule has 6 nitrogen and oxygen atoms in total. The second-order valence-corrected chi connectivity index (χ2v) is 4.08. The number of amides is 2. The molecular weight excluding hydrogens is 234 g/mol. The average Bonchev–Trinajstić information content (AvgIpc) is 3.09. The van der Waals surface area contributed by atoms with Crippen LogP contribution >= 0.6 is 0 Å². The van der Waals surface area contributed by atoms with Crippen LogP contribution in [0.15, 0.2) is 22.8 Å². The number of nitriles is 1. The number of rotatable bonds is 4. The van der Waals surface area contributed by atoms with Crippen LogP contribution in [0, 0.1) is 11.3 Å². The van der Waals surface area contributed by atoms with E-state index < -0.39 is 11.8 Å². The SMILES string of the molecule is N#CCNC(=O)C(=O)N(Cc1ccco1)C1CC1. The molecule has 0 atom stereocenters. The highest BCUT2D eigenvalue weighted by atomic mass is 16.3. The van der Waals surface area contributed by atoms with Crippen molar-refractivity contribution in [2.24, 2.45) is 0 Å². The third-order valence-corrected chi connectivity index (χ3v) is 2.68. The van der Waals surface area contributed by atoms with Crippen LogP contribution in [-0.2, 0) is 16.1 Å². The lowest BCUT2D eigenvalue weighted by molar-refractivity contribution is -0.146. The van der Waals surface area contributed by atoms with Crippen LogP contribution in [0.4, 0.5) is 0 Å². The first kappa shape index (κ1) is 12.2. The largest absolute Gasteiger partial charge is 0.467 e. The molecule has 2 amide bonds. The van der Waals surface area contributed by atoms with E-state index in [-0.39, 0.29) is 19.1 Å². The molecule has 0 aromatic carbocycles. The van der Waals surface area contributed by atoms with E-state index in [2.05, 4.69) is 5.32 Å². The van der Waals surface area contributed by atoms with Gasteiger partial charge in [0, 0.05) is 6.04 Å². The Labute approximate surface area is 104 Å². The summed E-state index contributed by atoms with van der Waals surface area (Å²) < 4.78 is 5.18. The molecule has 18 heavy (non-hydrogen) atoms. The van der Waals surface area contributed by atoms with Crippen LogP contribution in [0.25, 0.3) is 0 Å². The molecule has 1 saturated carbocycles. The molecule has 0 unspecified atom stereocenters. The first-order valence-corrected chi connectivity index (χ1v) is 5.70. The van der Waals surface area contributed by atoms with Crippen LogP contribution in [0.5, 0.6) is 0 Å². The van der Waals surface area contributed by atoms with Crippen molar-refractivity contribution in [3.05, 3.63) is 24.2 Å². The third-order valence-electron chi connectivity index (χ3n) is 2.68. The molecule has 0 aliphatic heterocycles. The minimum Gasteiger partial charge on any atom is -0.467 e. The number of hydrogen-bond acceptors (Lipinski definition) is 4. The molecule has 1 N–H and O–H groups in total. The smallest absolute Gasteiger partial charge is 0.312 e. The molecule has 1 heterocycles. The maximum Gasteiger partial charge on any atom is 0.312 e. The van der Waals surface area contributed by atoms with Gasteiger partial charge in [-0.2, -0.15) is 5.26 Å². The number of hydrogen-bond donors (Lipinski definition) is 1. The Morgan fingerprint density at radius 2 is 2.33 bits per heavy atom. The van der Waals surface area contributed by atoms with Crippen molar-refractivity contribution in [2.75, 3.05) is 6.54 Å². The summed E-state index contributed by atoms with van der Waals surface area (Å²) in [5, 5.41) is 10.6. The summed E-state index contributed by atoms with van der Waals surface area (Å²) in [7, 11) is 0. The second-order valence-electron chi connectivity index (χ2n) is 4.08. The molecule has 0 bridgehead atoms. The Morgan fingerprint density at radius 1 is 1.56 bits per heavy atom. The molecular formula is C12H13N3O3. The van der Waals surface area contributed by atoms with Gasteiger partial charge < -0.3 is 14.6 Å². The normalized spacial score (nSPS) is 13.7. The number of carbonyl (C=O) groups excluding carboxylic acids is 2. The Kier molecular flexibility index (Phi) is 3.63. The molecule has 1 aliphatic rings. The molecule has 1 aromatic heterocycles. The second kappa shape index (κ2) is 5.36. The molecule has 0 radical (unpaired) electrons. The van der Waals surface area contributed by atoms with E-state index in [1.54, 1.807) is 18.2 Å². The highest BCUT2D eigenvalue weighted by molar-refractivity contribution is 6.35. The van der Waals surface area contributed by atoms with Crippen LogP contribution in [0.3, 0.4) is 0 Å². The van der Waals surface area contributed by atoms with Gasteiger partial charge in [0.15, 0.2) is 0 Å². The van der Waals surface area contributed by atoms with Crippen molar-refractivity contribution >= 4 is 11.8 Å². The Morgan fingerprint density at radius 3 is 2.89 bits per heavy atom. The quantitative estimate of drug-likeness (QED) is 0.616. The third kappa shape index (κ3) is 2.88. The van der Waals surface area contributed by atoms with Gasteiger partial charge in [0.2, 0.25) is 0 Å². The van der Waals surface area contributed by atoms with Crippen molar-refractivity contribution in [1.82, 2.24) is 10.2 Å². The van der Waals surface area contributed by atoms with E-state index in [9.17, 15) is 9.59 Å². The summed E-state index contributed by atoms with van der Waals surface area (Å²) in [6.45, 7) is 0.125. The van der Waals surface area contributed by atoms with Crippen LogP contribution in [-0.4, -0.2) is 29.3 Å². The van der Waals surface area contributed by atoms with Crippen molar-refractivity contribution < 1.29 is 14.0 Å². The van der Waals surface area contributed by atoms with Gasteiger partial charge in [-0.3, -0.25) is 9.59 Å². The molecule has 0 saturated heterocycles. The van der Waals surface area contributed by atoms with Crippen molar-refractivity contribution in [1.29, 1.82) is 5.26 Å². The van der Waals surface area contributed by atoms with Gasteiger partial charge in [-0.15, -0.1) is 0 Å². The minimum atomic E-state index is -0.741. The van der Waals surface area contributed by atoms with Gasteiger partial charge in [0.25, 0.3) is 0 Å². The molecule has 94 valence electrons. The molecule has 2 rings (SSSR count). The average molecular weight is 247 g/mol. The number of nitrogens with one attached hydrogen (secondary N) is 1. The van der Waals surface area contributed by atoms with E-state index in [1.165, 1.54) is 11.2 Å². The Hall–Kier alpha value is -2.29. The van der Waals surface area contributed by atoms with E-state index >= 15 is 0 Å². The highest BCUT2D eigenvalue weighted by Crippen LogP contribution is 2.28. The van der Waals surface area contributed by atoms with Crippen LogP contribution in [0.1, 0.15) is 18.6 Å². The van der Waals surface area contributed by atoms with Gasteiger partial charge in [-0.25, -0.2) is 0 Å². The maximum atomic E-state index is 11.9. The van der Waals surface area contributed by atoms with E-state index in [4.69, 9.17) is 9.68 Å². The number of carbonyl (C=O) groups is 2. The lowest BCUT2D eigenvalue weighted by atomic mass is 10.3. The summed E-state index contributed by atoms with van der Waals surface area (Å²) in [5.74, 6) is -0.706. The zero-order chi connectivity index (χ0) is 13.0. The van der Waals surface area contributed by atoms with Crippen molar-refractivity contribution in [3.63, 3.8) is 0 Å². The van der Waals surface area contributed by atoms with Crippen LogP contribution < -0.4 is 5.32 Å². The molecule has 1 aromatic rings. The van der Waals surface area contributed by atoms with Gasteiger partial charge in [-0.1, -0.05) is 0 Å². The molecule has 0 spiro atoms. The van der Waals surface area contributed by atoms with E-state index in [0.29, 0.717) is 5.76 Å². The first-order valence-electron chi connectivity index (χ1n) is 5.70. The standard InChI is InChI=1S/C12H13N3O3/c13-5-6-14-11(16)12(17)15(9-3-4-9)8-10-2-1-7-18-10/h1-2,7,9H,3-4,6,8H2,(H,14,16). The first-order chi connectivity index (χ1) is 8.72. The van der Waals surface area contributed by atoms with Gasteiger partial charge >= 0.3 is 11.8 Å². The monoisotopic (exact) mass is 247 g/mol. The molecule has 1 aliphatic carbocycles. The van der Waals surface area contributed by atoms with Crippen molar-refractivity contribution in [2.45, 2.75) is 25.4 Å². The van der Waals surface area contributed by atoms with Gasteiger partial charge in [0.1, 0.15) is 12.3 Å². The molecule has 6 heteroatoms. The zero-order valence-electron chi connectivity index (χ0n) is 9.76. The van der Waals surface area contributed by atoms with Crippen molar-refractivity contribution in [3.8, 4) is 6.07 Å². The van der Waals surface area contributed by atoms with E-state index in [0.717, 1.165) is 12.8 Å². The fourth-order valence-electron chi connectivity index (χ4n) is 1.65. The lowest BCUT2D eigenvalue weighted by Gasteiger charge is -2.20. The topological polar surface area (TPSA) is 86.3 Å². The van der Waals surface area contributed by atoms with Gasteiger partial charge in [-0.05, 0) is 25.0 Å². The number of nitrogens with zero attached hydrogens (tertiary/aromatic N) is 2. The zero-order valence-corrected chi connectivity index (χ0v) is 9.76. The van der Waals surface area contributed by atoms with E-state index in [1.807, 2.05) is 0 Å². The number of furan rings is 1. The highest BCUT2D eigenvalue weighted by Gasteiger charge is 2.35. The maximum absolute atomic E-state index is 11.9. The molecule has 1 fully saturated rings. The Balaban J connectivity index is 1.99. The lowest BCUT2D eigenvalue weighted by Crippen LogP contribution is -2.43. The summed E-state index contributed by atoms with van der Waals surface area (Å²) in [4.78, 5) is 24.9. The summed E-state index contributed by atoms with van der Waals surface area (Å²) in [6, 6.07) is 5.37. The summed E-state index contributed by atoms with van der Waals surface area (Å²) >= 11 is 0. The Bertz CT molecular complexity index is 471. The van der Waals surface area contributed by atoms with Crippen LogP contribution in [0.2, 0.25) is 0 Å². The van der Waals surface area contributed by atoms with Gasteiger partial charge in [0.05, 0.1) is 18.9 Å².